The lowest BCUT2D eigenvalue weighted by atomic mass is 10.0. The van der Waals surface area contributed by atoms with Gasteiger partial charge in [0, 0.05) is 17.6 Å². The van der Waals surface area contributed by atoms with Gasteiger partial charge in [-0.2, -0.15) is 0 Å². The quantitative estimate of drug-likeness (QED) is 0.466. The SMILES string of the molecule is COc1ccc(C2N(C(C)=O)c3ccccc3-c3c(=O)[nH]c(SC)n[n+]32)cc1Br. The molecule has 29 heavy (non-hydrogen) atoms. The van der Waals surface area contributed by atoms with Crippen LogP contribution in [0.25, 0.3) is 11.3 Å². The van der Waals surface area contributed by atoms with Crippen molar-refractivity contribution in [2.45, 2.75) is 18.2 Å². The summed E-state index contributed by atoms with van der Waals surface area (Å²) in [4.78, 5) is 30.2. The number of ether oxygens (including phenoxy) is 1. The first-order valence-corrected chi connectivity index (χ1v) is 10.8. The number of methoxy groups -OCH3 is 1. The van der Waals surface area contributed by atoms with Gasteiger partial charge in [0.2, 0.25) is 11.1 Å². The monoisotopic (exact) mass is 473 g/mol. The van der Waals surface area contributed by atoms with Crippen molar-refractivity contribution >= 4 is 39.3 Å². The molecular formula is C20H18BrN4O3S+. The second kappa shape index (κ2) is 7.64. The van der Waals surface area contributed by atoms with E-state index in [1.54, 1.807) is 16.7 Å². The third kappa shape index (κ3) is 3.24. The molecule has 1 aliphatic heterocycles. The average Bonchev–Trinajstić information content (AvgIpc) is 2.71. The molecule has 0 saturated heterocycles. The maximum atomic E-state index is 13.0. The molecule has 4 rings (SSSR count). The van der Waals surface area contributed by atoms with Crippen LogP contribution in [0.4, 0.5) is 5.69 Å². The standard InChI is InChI=1S/C20H17BrN4O3S/c1-11(26)24-15-7-5-4-6-13(15)17-18(27)22-20(29-3)23-25(17)19(24)12-8-9-16(28-2)14(21)10-12/h4-10,19H,1-3H3/p+1. The maximum absolute atomic E-state index is 13.0. The molecule has 0 aliphatic carbocycles. The summed E-state index contributed by atoms with van der Waals surface area (Å²) in [6.07, 6.45) is 1.22. The summed E-state index contributed by atoms with van der Waals surface area (Å²) in [6, 6.07) is 12.9. The van der Waals surface area contributed by atoms with Gasteiger partial charge in [0.15, 0.2) is 0 Å². The van der Waals surface area contributed by atoms with E-state index in [-0.39, 0.29) is 11.5 Å². The molecule has 1 aromatic heterocycles. The Morgan fingerprint density at radius 1 is 1.31 bits per heavy atom. The van der Waals surface area contributed by atoms with Gasteiger partial charge in [-0.25, -0.2) is 4.90 Å². The minimum absolute atomic E-state index is 0.152. The lowest BCUT2D eigenvalue weighted by Gasteiger charge is -2.31. The summed E-state index contributed by atoms with van der Waals surface area (Å²) < 4.78 is 7.71. The molecule has 9 heteroatoms. The van der Waals surface area contributed by atoms with Crippen LogP contribution in [0.5, 0.6) is 5.75 Å². The van der Waals surface area contributed by atoms with Crippen LogP contribution in [0, 0.1) is 0 Å². The van der Waals surface area contributed by atoms with Gasteiger partial charge in [-0.15, -0.1) is 0 Å². The van der Waals surface area contributed by atoms with Crippen molar-refractivity contribution in [1.29, 1.82) is 0 Å². The summed E-state index contributed by atoms with van der Waals surface area (Å²) in [6.45, 7) is 1.51. The number of fused-ring (bicyclic) bond motifs is 3. The van der Waals surface area contributed by atoms with Crippen molar-refractivity contribution in [2.75, 3.05) is 18.3 Å². The van der Waals surface area contributed by atoms with Crippen LogP contribution in [-0.2, 0) is 4.79 Å². The molecule has 1 amide bonds. The number of carbonyl (C=O) groups excluding carboxylic acids is 1. The summed E-state index contributed by atoms with van der Waals surface area (Å²) in [5.41, 5.74) is 2.28. The molecular weight excluding hydrogens is 456 g/mol. The average molecular weight is 474 g/mol. The number of thioether (sulfide) groups is 1. The van der Waals surface area contributed by atoms with Crippen LogP contribution >= 0.6 is 27.7 Å². The predicted octanol–water partition coefficient (Wildman–Crippen LogP) is 3.13. The summed E-state index contributed by atoms with van der Waals surface area (Å²) in [5, 5.41) is 5.11. The number of benzene rings is 2. The molecule has 3 aromatic rings. The number of hydrogen-bond acceptors (Lipinski definition) is 5. The minimum Gasteiger partial charge on any atom is -0.496 e. The number of rotatable bonds is 3. The molecule has 0 fully saturated rings. The number of para-hydroxylation sites is 1. The van der Waals surface area contributed by atoms with Crippen molar-refractivity contribution < 1.29 is 14.2 Å². The molecule has 7 nitrogen and oxygen atoms in total. The van der Waals surface area contributed by atoms with E-state index in [1.807, 2.05) is 48.7 Å². The van der Waals surface area contributed by atoms with Crippen LogP contribution in [0.1, 0.15) is 18.7 Å². The largest absolute Gasteiger partial charge is 0.496 e. The number of nitrogens with zero attached hydrogens (tertiary/aromatic N) is 3. The highest BCUT2D eigenvalue weighted by Crippen LogP contribution is 2.38. The first kappa shape index (κ1) is 19.7. The molecule has 0 saturated carbocycles. The fourth-order valence-corrected chi connectivity index (χ4v) is 4.47. The van der Waals surface area contributed by atoms with E-state index in [2.05, 4.69) is 26.0 Å². The normalized spacial score (nSPS) is 14.9. The van der Waals surface area contributed by atoms with E-state index < -0.39 is 6.17 Å². The molecule has 148 valence electrons. The van der Waals surface area contributed by atoms with Gasteiger partial charge in [-0.3, -0.25) is 14.6 Å². The Labute approximate surface area is 179 Å². The minimum atomic E-state index is -0.618. The van der Waals surface area contributed by atoms with E-state index >= 15 is 0 Å². The molecule has 1 unspecified atom stereocenters. The molecule has 1 aliphatic rings. The molecule has 0 spiro atoms. The number of anilines is 1. The van der Waals surface area contributed by atoms with Crippen LogP contribution in [0.3, 0.4) is 0 Å². The van der Waals surface area contributed by atoms with E-state index in [0.29, 0.717) is 27.9 Å². The zero-order chi connectivity index (χ0) is 20.7. The van der Waals surface area contributed by atoms with Gasteiger partial charge in [-0.1, -0.05) is 23.9 Å². The molecule has 1 N–H and O–H groups in total. The summed E-state index contributed by atoms with van der Waals surface area (Å²) in [5.74, 6) is 0.522. The fraction of sp³-hybridized carbons (Fsp3) is 0.200. The second-order valence-electron chi connectivity index (χ2n) is 6.43. The number of carbonyl (C=O) groups is 1. The maximum Gasteiger partial charge on any atom is 0.325 e. The Balaban J connectivity index is 2.06. The Morgan fingerprint density at radius 2 is 2.07 bits per heavy atom. The van der Waals surface area contributed by atoms with Crippen molar-refractivity contribution in [1.82, 2.24) is 10.1 Å². The van der Waals surface area contributed by atoms with Gasteiger partial charge >= 0.3 is 11.3 Å². The van der Waals surface area contributed by atoms with Crippen molar-refractivity contribution in [3.8, 4) is 17.0 Å². The zero-order valence-corrected chi connectivity index (χ0v) is 18.4. The van der Waals surface area contributed by atoms with Crippen molar-refractivity contribution in [3.05, 3.63) is 62.9 Å². The lowest BCUT2D eigenvalue weighted by molar-refractivity contribution is -0.763. The molecule has 1 atom stereocenters. The van der Waals surface area contributed by atoms with Crippen molar-refractivity contribution in [2.24, 2.45) is 0 Å². The van der Waals surface area contributed by atoms with Gasteiger partial charge in [0.1, 0.15) is 5.75 Å². The number of hydrogen-bond donors (Lipinski definition) is 1. The third-order valence-corrected chi connectivity index (χ3v) is 5.95. The van der Waals surface area contributed by atoms with Gasteiger partial charge in [-0.05, 0) is 57.2 Å². The fourth-order valence-electron chi connectivity index (χ4n) is 3.55. The Bertz CT molecular complexity index is 1180. The number of nitrogens with one attached hydrogen (secondary N) is 1. The van der Waals surface area contributed by atoms with Crippen LogP contribution in [0.2, 0.25) is 0 Å². The lowest BCUT2D eigenvalue weighted by Crippen LogP contribution is -2.60. The summed E-state index contributed by atoms with van der Waals surface area (Å²) in [7, 11) is 1.59. The number of amides is 1. The van der Waals surface area contributed by atoms with Crippen LogP contribution in [-0.4, -0.2) is 29.4 Å². The van der Waals surface area contributed by atoms with E-state index in [1.165, 1.54) is 18.7 Å². The van der Waals surface area contributed by atoms with Gasteiger partial charge in [0.25, 0.3) is 6.17 Å². The highest BCUT2D eigenvalue weighted by Gasteiger charge is 2.44. The Hall–Kier alpha value is -2.65. The first-order valence-electron chi connectivity index (χ1n) is 8.79. The van der Waals surface area contributed by atoms with Crippen LogP contribution in [0.15, 0.2) is 56.9 Å². The first-order chi connectivity index (χ1) is 14.0. The molecule has 0 bridgehead atoms. The topological polar surface area (TPSA) is 79.2 Å². The highest BCUT2D eigenvalue weighted by molar-refractivity contribution is 9.10. The van der Waals surface area contributed by atoms with E-state index in [9.17, 15) is 9.59 Å². The third-order valence-electron chi connectivity index (χ3n) is 4.76. The number of aromatic nitrogens is 3. The summed E-state index contributed by atoms with van der Waals surface area (Å²) >= 11 is 4.85. The van der Waals surface area contributed by atoms with Crippen molar-refractivity contribution in [3.63, 3.8) is 0 Å². The number of aromatic amines is 1. The Morgan fingerprint density at radius 3 is 2.72 bits per heavy atom. The smallest absolute Gasteiger partial charge is 0.325 e. The Kier molecular flexibility index (Phi) is 5.18. The van der Waals surface area contributed by atoms with Crippen LogP contribution < -0.4 is 19.9 Å². The van der Waals surface area contributed by atoms with E-state index in [0.717, 1.165) is 10.0 Å². The molecule has 2 aromatic carbocycles. The second-order valence-corrected chi connectivity index (χ2v) is 8.08. The zero-order valence-electron chi connectivity index (χ0n) is 16.0. The van der Waals surface area contributed by atoms with Gasteiger partial charge in [0.05, 0.1) is 22.8 Å². The number of halogens is 1. The molecule has 0 radical (unpaired) electrons. The van der Waals surface area contributed by atoms with E-state index in [4.69, 9.17) is 4.74 Å². The molecule has 2 heterocycles. The number of H-pyrrole nitrogens is 1. The highest BCUT2D eigenvalue weighted by atomic mass is 79.9. The van der Waals surface area contributed by atoms with Gasteiger partial charge < -0.3 is 4.74 Å². The predicted molar refractivity (Wildman–Crippen MR) is 114 cm³/mol.